The average molecular weight is 380 g/mol. The Balaban J connectivity index is 1.73. The minimum absolute atomic E-state index is 0.690. The zero-order chi connectivity index (χ0) is 19.5. The zero-order valence-corrected chi connectivity index (χ0v) is 18.1. The van der Waals surface area contributed by atoms with Crippen LogP contribution in [0.3, 0.4) is 0 Å². The highest BCUT2D eigenvalue weighted by atomic mass is 28.3. The standard InChI is InChI=1S/C24H33NOSi/c1-4-27(5-2,6-3)19-9-7-8-18-26-24-16-14-23(15-17-24)22-12-10-21(20-25)11-13-22/h10-17H,4-9,18-19H2,1-3H3. The maximum Gasteiger partial charge on any atom is 0.119 e. The van der Waals surface area contributed by atoms with Gasteiger partial charge in [-0.3, -0.25) is 0 Å². The molecule has 0 aromatic heterocycles. The second-order valence-electron chi connectivity index (χ2n) is 7.43. The Bertz CT molecular complexity index is 703. The Labute approximate surface area is 166 Å². The van der Waals surface area contributed by atoms with Crippen LogP contribution in [-0.4, -0.2) is 14.7 Å². The molecule has 0 atom stereocenters. The number of unbranched alkanes of at least 4 members (excludes halogenated alkanes) is 2. The van der Waals surface area contributed by atoms with Crippen LogP contribution < -0.4 is 4.74 Å². The molecular formula is C24H33NOSi. The van der Waals surface area contributed by atoms with E-state index in [1.165, 1.54) is 37.0 Å². The molecule has 0 aliphatic rings. The van der Waals surface area contributed by atoms with Crippen LogP contribution in [0.4, 0.5) is 0 Å². The van der Waals surface area contributed by atoms with E-state index in [4.69, 9.17) is 10.00 Å². The fourth-order valence-corrected chi connectivity index (χ4v) is 7.29. The molecule has 0 aliphatic heterocycles. The van der Waals surface area contributed by atoms with Crippen molar-refractivity contribution in [3.8, 4) is 22.9 Å². The van der Waals surface area contributed by atoms with Crippen LogP contribution in [0.2, 0.25) is 24.2 Å². The van der Waals surface area contributed by atoms with Crippen LogP contribution in [0.1, 0.15) is 45.6 Å². The van der Waals surface area contributed by atoms with Gasteiger partial charge in [-0.15, -0.1) is 0 Å². The van der Waals surface area contributed by atoms with E-state index in [0.717, 1.165) is 29.9 Å². The Morgan fingerprint density at radius 1 is 0.778 bits per heavy atom. The Hall–Kier alpha value is -2.05. The number of nitriles is 1. The number of hydrogen-bond donors (Lipinski definition) is 0. The molecule has 0 spiro atoms. The number of benzene rings is 2. The summed E-state index contributed by atoms with van der Waals surface area (Å²) >= 11 is 0. The van der Waals surface area contributed by atoms with Gasteiger partial charge in [0, 0.05) is 0 Å². The molecule has 0 heterocycles. The Morgan fingerprint density at radius 3 is 1.85 bits per heavy atom. The zero-order valence-electron chi connectivity index (χ0n) is 17.1. The molecule has 2 nitrogen and oxygen atoms in total. The molecule has 3 heteroatoms. The van der Waals surface area contributed by atoms with Crippen LogP contribution in [0, 0.1) is 11.3 Å². The summed E-state index contributed by atoms with van der Waals surface area (Å²) in [6.45, 7) is 7.98. The molecule has 2 aromatic rings. The predicted octanol–water partition coefficient (Wildman–Crippen LogP) is 7.28. The van der Waals surface area contributed by atoms with Crippen molar-refractivity contribution in [3.05, 3.63) is 54.1 Å². The van der Waals surface area contributed by atoms with Crippen LogP contribution in [0.15, 0.2) is 48.5 Å². The molecule has 2 aromatic carbocycles. The first-order valence-electron chi connectivity index (χ1n) is 10.4. The second kappa shape index (κ2) is 10.9. The fraction of sp³-hybridized carbons (Fsp3) is 0.458. The van der Waals surface area contributed by atoms with Crippen LogP contribution >= 0.6 is 0 Å². The summed E-state index contributed by atoms with van der Waals surface area (Å²) in [5.74, 6) is 0.937. The number of nitrogens with zero attached hydrogens (tertiary/aromatic N) is 1. The molecule has 0 saturated carbocycles. The largest absolute Gasteiger partial charge is 0.494 e. The fourth-order valence-electron chi connectivity index (χ4n) is 3.73. The van der Waals surface area contributed by atoms with Crippen molar-refractivity contribution in [2.75, 3.05) is 6.61 Å². The molecule has 0 radical (unpaired) electrons. The highest BCUT2D eigenvalue weighted by molar-refractivity contribution is 6.79. The van der Waals surface area contributed by atoms with Gasteiger partial charge in [-0.1, -0.05) is 82.1 Å². The van der Waals surface area contributed by atoms with E-state index < -0.39 is 8.07 Å². The van der Waals surface area contributed by atoms with E-state index in [2.05, 4.69) is 39.0 Å². The normalized spacial score (nSPS) is 11.2. The van der Waals surface area contributed by atoms with Crippen LogP contribution in [0.5, 0.6) is 5.75 Å². The van der Waals surface area contributed by atoms with Gasteiger partial charge in [0.2, 0.25) is 0 Å². The van der Waals surface area contributed by atoms with Gasteiger partial charge in [0.25, 0.3) is 0 Å². The minimum atomic E-state index is -0.945. The Morgan fingerprint density at radius 2 is 1.33 bits per heavy atom. The number of hydrogen-bond acceptors (Lipinski definition) is 2. The van der Waals surface area contributed by atoms with Crippen molar-refractivity contribution in [1.29, 1.82) is 5.26 Å². The topological polar surface area (TPSA) is 33.0 Å². The van der Waals surface area contributed by atoms with Gasteiger partial charge >= 0.3 is 0 Å². The molecule has 0 fully saturated rings. The second-order valence-corrected chi connectivity index (χ2v) is 13.1. The molecule has 0 amide bonds. The van der Waals surface area contributed by atoms with E-state index in [0.29, 0.717) is 5.56 Å². The van der Waals surface area contributed by atoms with E-state index in [9.17, 15) is 0 Å². The molecule has 0 unspecified atom stereocenters. The molecule has 144 valence electrons. The first kappa shape index (κ1) is 21.2. The molecule has 0 bridgehead atoms. The number of ether oxygens (including phenoxy) is 1. The SMILES string of the molecule is CC[Si](CC)(CC)CCCCCOc1ccc(-c2ccc(C#N)cc2)cc1. The summed E-state index contributed by atoms with van der Waals surface area (Å²) in [5, 5.41) is 8.88. The Kier molecular flexibility index (Phi) is 8.61. The summed E-state index contributed by atoms with van der Waals surface area (Å²) in [6.07, 6.45) is 3.78. The quantitative estimate of drug-likeness (QED) is 0.303. The smallest absolute Gasteiger partial charge is 0.119 e. The lowest BCUT2D eigenvalue weighted by Crippen LogP contribution is -2.30. The third-order valence-electron chi connectivity index (χ3n) is 6.07. The maximum absolute atomic E-state index is 8.88. The average Bonchev–Trinajstić information content (AvgIpc) is 2.74. The van der Waals surface area contributed by atoms with Gasteiger partial charge in [0.05, 0.1) is 26.3 Å². The highest BCUT2D eigenvalue weighted by Gasteiger charge is 2.25. The summed E-state index contributed by atoms with van der Waals surface area (Å²) in [4.78, 5) is 0. The summed E-state index contributed by atoms with van der Waals surface area (Å²) in [5.41, 5.74) is 2.96. The maximum atomic E-state index is 8.88. The van der Waals surface area contributed by atoms with Gasteiger partial charge in [0.15, 0.2) is 0 Å². The van der Waals surface area contributed by atoms with E-state index >= 15 is 0 Å². The monoisotopic (exact) mass is 379 g/mol. The van der Waals surface area contributed by atoms with Gasteiger partial charge < -0.3 is 4.74 Å². The van der Waals surface area contributed by atoms with Gasteiger partial charge in [-0.25, -0.2) is 0 Å². The molecule has 0 aliphatic carbocycles. The molecule has 27 heavy (non-hydrogen) atoms. The van der Waals surface area contributed by atoms with Crippen molar-refractivity contribution in [2.45, 2.75) is 64.2 Å². The first-order valence-corrected chi connectivity index (χ1v) is 13.2. The summed E-state index contributed by atoms with van der Waals surface area (Å²) in [7, 11) is -0.945. The third-order valence-corrected chi connectivity index (χ3v) is 12.0. The number of rotatable bonds is 11. The van der Waals surface area contributed by atoms with Crippen molar-refractivity contribution < 1.29 is 4.74 Å². The van der Waals surface area contributed by atoms with Gasteiger partial charge in [-0.05, 0) is 41.8 Å². The van der Waals surface area contributed by atoms with Crippen LogP contribution in [0.25, 0.3) is 11.1 Å². The van der Waals surface area contributed by atoms with Crippen molar-refractivity contribution in [3.63, 3.8) is 0 Å². The predicted molar refractivity (Wildman–Crippen MR) is 118 cm³/mol. The van der Waals surface area contributed by atoms with Gasteiger partial charge in [0.1, 0.15) is 5.75 Å². The third kappa shape index (κ3) is 6.25. The van der Waals surface area contributed by atoms with Gasteiger partial charge in [-0.2, -0.15) is 5.26 Å². The first-order chi connectivity index (χ1) is 13.2. The van der Waals surface area contributed by atoms with Crippen LogP contribution in [-0.2, 0) is 0 Å². The lowest BCUT2D eigenvalue weighted by Gasteiger charge is -2.28. The van der Waals surface area contributed by atoms with Crippen molar-refractivity contribution >= 4 is 8.07 Å². The highest BCUT2D eigenvalue weighted by Crippen LogP contribution is 2.27. The summed E-state index contributed by atoms with van der Waals surface area (Å²) < 4.78 is 5.91. The lowest BCUT2D eigenvalue weighted by atomic mass is 10.0. The van der Waals surface area contributed by atoms with Crippen molar-refractivity contribution in [2.24, 2.45) is 0 Å². The van der Waals surface area contributed by atoms with E-state index in [1.807, 2.05) is 36.4 Å². The molecule has 2 rings (SSSR count). The molecule has 0 N–H and O–H groups in total. The summed E-state index contributed by atoms with van der Waals surface area (Å²) in [6, 6.07) is 23.9. The minimum Gasteiger partial charge on any atom is -0.494 e. The van der Waals surface area contributed by atoms with E-state index in [1.54, 1.807) is 0 Å². The van der Waals surface area contributed by atoms with Crippen molar-refractivity contribution in [1.82, 2.24) is 0 Å². The molecule has 0 saturated heterocycles. The van der Waals surface area contributed by atoms with E-state index in [-0.39, 0.29) is 0 Å². The lowest BCUT2D eigenvalue weighted by molar-refractivity contribution is 0.306. The molecular weight excluding hydrogens is 346 g/mol.